The van der Waals surface area contributed by atoms with E-state index in [1.807, 2.05) is 6.92 Å². The van der Waals surface area contributed by atoms with E-state index >= 15 is 0 Å². The summed E-state index contributed by atoms with van der Waals surface area (Å²) in [6, 6.07) is 7.97. The highest BCUT2D eigenvalue weighted by atomic mass is 32.2. The van der Waals surface area contributed by atoms with E-state index < -0.39 is 40.1 Å². The number of ether oxygens (including phenoxy) is 1. The molecule has 1 N–H and O–H groups in total. The monoisotopic (exact) mass is 521 g/mol. The van der Waals surface area contributed by atoms with Crippen LogP contribution in [-0.2, 0) is 14.8 Å². The van der Waals surface area contributed by atoms with E-state index in [2.05, 4.69) is 15.3 Å². The van der Waals surface area contributed by atoms with Gasteiger partial charge in [0.25, 0.3) is 15.9 Å². The zero-order valence-electron chi connectivity index (χ0n) is 20.5. The van der Waals surface area contributed by atoms with Crippen LogP contribution in [0.2, 0.25) is 0 Å². The van der Waals surface area contributed by atoms with Crippen LogP contribution in [0, 0.1) is 12.8 Å². The summed E-state index contributed by atoms with van der Waals surface area (Å²) < 4.78 is 62.3. The van der Waals surface area contributed by atoms with Gasteiger partial charge in [0.1, 0.15) is 17.7 Å². The molecule has 1 unspecified atom stereocenters. The number of hydrogen-bond donors (Lipinski definition) is 1. The van der Waals surface area contributed by atoms with Crippen LogP contribution >= 0.6 is 0 Å². The number of carbonyl (C=O) groups excluding carboxylic acids is 1. The number of fused-ring (bicyclic) bond motifs is 1. The Kier molecular flexibility index (Phi) is 6.67. The molecule has 3 aromatic rings. The zero-order chi connectivity index (χ0) is 26.3. The van der Waals surface area contributed by atoms with Crippen molar-refractivity contribution in [2.24, 2.45) is 5.92 Å². The number of nitrogens with one attached hydrogen (secondary N) is 1. The molecular formula is C24H29F2N5O4S. The average molecular weight is 522 g/mol. The summed E-state index contributed by atoms with van der Waals surface area (Å²) in [5, 5.41) is 3.32. The van der Waals surface area contributed by atoms with E-state index in [0.29, 0.717) is 5.39 Å². The standard InChI is InChI=1S/C24H29F2N5O4S/c1-16-5-7-18(8-6-16)36(33,34)31-12-10-19-20(28-15-29-21(19)31)27-13-17-9-11-30(14-24(17,25)26)22(32)35-23(2,3)4/h5-8,10,12,15,17H,9,11,13-14H2,1-4H3,(H,27,28,29). The van der Waals surface area contributed by atoms with Crippen molar-refractivity contribution in [1.29, 1.82) is 0 Å². The van der Waals surface area contributed by atoms with Gasteiger partial charge < -0.3 is 15.0 Å². The van der Waals surface area contributed by atoms with Gasteiger partial charge in [0.15, 0.2) is 5.65 Å². The highest BCUT2D eigenvalue weighted by Crippen LogP contribution is 2.34. The van der Waals surface area contributed by atoms with E-state index in [-0.39, 0.29) is 35.9 Å². The quantitative estimate of drug-likeness (QED) is 0.534. The fourth-order valence-electron chi connectivity index (χ4n) is 4.03. The maximum absolute atomic E-state index is 14.9. The molecule has 1 aromatic carbocycles. The van der Waals surface area contributed by atoms with Gasteiger partial charge in [-0.2, -0.15) is 0 Å². The van der Waals surface area contributed by atoms with Crippen molar-refractivity contribution in [3.8, 4) is 0 Å². The van der Waals surface area contributed by atoms with Gasteiger partial charge in [-0.05, 0) is 52.3 Å². The van der Waals surface area contributed by atoms with Crippen molar-refractivity contribution in [3.05, 3.63) is 48.4 Å². The van der Waals surface area contributed by atoms with Crippen LogP contribution in [0.3, 0.4) is 0 Å². The van der Waals surface area contributed by atoms with Crippen LogP contribution in [0.5, 0.6) is 0 Å². The summed E-state index contributed by atoms with van der Waals surface area (Å²) in [5.74, 6) is -3.95. The number of aryl methyl sites for hydroxylation is 1. The lowest BCUT2D eigenvalue weighted by Crippen LogP contribution is -2.53. The molecule has 0 radical (unpaired) electrons. The maximum Gasteiger partial charge on any atom is 0.410 e. The number of aromatic nitrogens is 3. The third-order valence-electron chi connectivity index (χ3n) is 5.94. The van der Waals surface area contributed by atoms with Gasteiger partial charge in [-0.1, -0.05) is 17.7 Å². The topological polar surface area (TPSA) is 106 Å². The molecule has 9 nitrogen and oxygen atoms in total. The number of anilines is 1. The van der Waals surface area contributed by atoms with Gasteiger partial charge in [-0.3, -0.25) is 0 Å². The molecule has 0 spiro atoms. The van der Waals surface area contributed by atoms with Gasteiger partial charge in [0.2, 0.25) is 0 Å². The normalized spacial score (nSPS) is 18.3. The van der Waals surface area contributed by atoms with E-state index in [9.17, 15) is 22.0 Å². The Labute approximate surface area is 208 Å². The number of rotatable bonds is 5. The maximum atomic E-state index is 14.9. The van der Waals surface area contributed by atoms with Crippen LogP contribution < -0.4 is 5.32 Å². The highest BCUT2D eigenvalue weighted by molar-refractivity contribution is 7.90. The first kappa shape index (κ1) is 25.8. The lowest BCUT2D eigenvalue weighted by molar-refractivity contribution is -0.106. The number of benzene rings is 1. The number of amides is 1. The van der Waals surface area contributed by atoms with Gasteiger partial charge in [-0.25, -0.2) is 35.9 Å². The Hall–Kier alpha value is -3.28. The lowest BCUT2D eigenvalue weighted by Gasteiger charge is -2.38. The molecule has 4 rings (SSSR count). The number of hydrogen-bond acceptors (Lipinski definition) is 7. The second-order valence-corrected chi connectivity index (χ2v) is 11.7. The summed E-state index contributed by atoms with van der Waals surface area (Å²) in [5.41, 5.74) is 0.292. The summed E-state index contributed by atoms with van der Waals surface area (Å²) in [7, 11) is -3.91. The molecule has 2 aromatic heterocycles. The molecule has 1 aliphatic rings. The largest absolute Gasteiger partial charge is 0.444 e. The summed E-state index contributed by atoms with van der Waals surface area (Å²) in [6.07, 6.45) is 1.86. The van der Waals surface area contributed by atoms with Gasteiger partial charge >= 0.3 is 6.09 Å². The van der Waals surface area contributed by atoms with Crippen molar-refractivity contribution in [2.45, 2.75) is 50.5 Å². The number of alkyl halides is 2. The fraction of sp³-hybridized carbons (Fsp3) is 0.458. The first-order valence-corrected chi connectivity index (χ1v) is 13.0. The Balaban J connectivity index is 1.50. The number of nitrogens with zero attached hydrogens (tertiary/aromatic N) is 4. The molecule has 194 valence electrons. The molecule has 0 aliphatic carbocycles. The van der Waals surface area contributed by atoms with Gasteiger partial charge in [0, 0.05) is 25.2 Å². The molecule has 0 bridgehead atoms. The summed E-state index contributed by atoms with van der Waals surface area (Å²) in [4.78, 5) is 21.6. The smallest absolute Gasteiger partial charge is 0.410 e. The van der Waals surface area contributed by atoms with Crippen LogP contribution in [-0.4, -0.2) is 64.5 Å². The zero-order valence-corrected chi connectivity index (χ0v) is 21.3. The van der Waals surface area contributed by atoms with Crippen LogP contribution in [0.4, 0.5) is 19.4 Å². The average Bonchev–Trinajstić information content (AvgIpc) is 3.22. The van der Waals surface area contributed by atoms with E-state index in [4.69, 9.17) is 4.74 Å². The van der Waals surface area contributed by atoms with Crippen LogP contribution in [0.15, 0.2) is 47.8 Å². The molecule has 1 atom stereocenters. The third-order valence-corrected chi connectivity index (χ3v) is 7.62. The van der Waals surface area contributed by atoms with E-state index in [1.165, 1.54) is 30.7 Å². The van der Waals surface area contributed by atoms with Gasteiger partial charge in [-0.15, -0.1) is 0 Å². The Morgan fingerprint density at radius 2 is 1.89 bits per heavy atom. The highest BCUT2D eigenvalue weighted by Gasteiger charge is 2.46. The number of carbonyl (C=O) groups is 1. The minimum atomic E-state index is -3.91. The number of piperidine rings is 1. The predicted octanol–water partition coefficient (Wildman–Crippen LogP) is 4.28. The predicted molar refractivity (Wildman–Crippen MR) is 131 cm³/mol. The molecule has 1 aliphatic heterocycles. The Morgan fingerprint density at radius 1 is 1.19 bits per heavy atom. The van der Waals surface area contributed by atoms with Crippen molar-refractivity contribution >= 4 is 33.0 Å². The molecule has 36 heavy (non-hydrogen) atoms. The molecule has 1 amide bonds. The molecule has 1 fully saturated rings. The first-order chi connectivity index (χ1) is 16.8. The number of likely N-dealkylation sites (tertiary alicyclic amines) is 1. The third kappa shape index (κ3) is 5.28. The van der Waals surface area contributed by atoms with E-state index in [1.54, 1.807) is 32.9 Å². The SMILES string of the molecule is Cc1ccc(S(=O)(=O)n2ccc3c(NCC4CCN(C(=O)OC(C)(C)C)CC4(F)F)ncnc32)cc1. The van der Waals surface area contributed by atoms with Crippen molar-refractivity contribution in [1.82, 2.24) is 18.8 Å². The molecular weight excluding hydrogens is 492 g/mol. The fourth-order valence-corrected chi connectivity index (χ4v) is 5.33. The van der Waals surface area contributed by atoms with Crippen molar-refractivity contribution in [3.63, 3.8) is 0 Å². The second-order valence-electron chi connectivity index (χ2n) is 9.92. The van der Waals surface area contributed by atoms with Crippen LogP contribution in [0.25, 0.3) is 11.0 Å². The molecule has 0 saturated carbocycles. The Bertz CT molecular complexity index is 1370. The Morgan fingerprint density at radius 3 is 2.53 bits per heavy atom. The van der Waals surface area contributed by atoms with E-state index in [0.717, 1.165) is 14.4 Å². The summed E-state index contributed by atoms with van der Waals surface area (Å²) >= 11 is 0. The molecule has 12 heteroatoms. The minimum absolute atomic E-state index is 0.0658. The lowest BCUT2D eigenvalue weighted by atomic mass is 9.93. The first-order valence-electron chi connectivity index (χ1n) is 11.5. The number of halogens is 2. The van der Waals surface area contributed by atoms with Crippen LogP contribution in [0.1, 0.15) is 32.8 Å². The molecule has 3 heterocycles. The second kappa shape index (κ2) is 9.30. The molecule has 1 saturated heterocycles. The van der Waals surface area contributed by atoms with Crippen molar-refractivity contribution < 1.29 is 26.7 Å². The van der Waals surface area contributed by atoms with Gasteiger partial charge in [0.05, 0.1) is 16.8 Å². The minimum Gasteiger partial charge on any atom is -0.444 e. The van der Waals surface area contributed by atoms with Crippen molar-refractivity contribution in [2.75, 3.05) is 25.0 Å². The summed E-state index contributed by atoms with van der Waals surface area (Å²) in [6.45, 7) is 6.19.